The number of aliphatic hydroxyl groups is 1. The summed E-state index contributed by atoms with van der Waals surface area (Å²) in [7, 11) is 0. The zero-order valence-electron chi connectivity index (χ0n) is 24.0. The third kappa shape index (κ3) is 7.64. The predicted molar refractivity (Wildman–Crippen MR) is 151 cm³/mol. The van der Waals surface area contributed by atoms with Crippen LogP contribution in [0.15, 0.2) is 42.7 Å². The number of hydrogen-bond donors (Lipinski definition) is 3. The van der Waals surface area contributed by atoms with E-state index in [0.29, 0.717) is 12.1 Å². The molecule has 8 nitrogen and oxygen atoms in total. The fraction of sp³-hybridized carbons (Fsp3) is 0.419. The van der Waals surface area contributed by atoms with E-state index in [1.807, 2.05) is 0 Å². The Bertz CT molecular complexity index is 1440. The molecule has 2 amide bonds. The number of halogens is 3. The van der Waals surface area contributed by atoms with Crippen LogP contribution < -0.4 is 10.6 Å². The lowest BCUT2D eigenvalue weighted by molar-refractivity contribution is 0.0482. The van der Waals surface area contributed by atoms with Crippen molar-refractivity contribution >= 4 is 17.7 Å². The number of pyridine rings is 2. The number of benzene rings is 1. The second-order valence-electron chi connectivity index (χ2n) is 11.7. The molecule has 1 saturated carbocycles. The number of amides is 2. The number of aliphatic hydroxyl groups excluding tert-OH is 1. The fourth-order valence-corrected chi connectivity index (χ4v) is 5.37. The molecule has 0 aliphatic heterocycles. The van der Waals surface area contributed by atoms with Crippen LogP contribution in [0, 0.1) is 23.4 Å². The highest BCUT2D eigenvalue weighted by molar-refractivity contribution is 6.03. The van der Waals surface area contributed by atoms with E-state index in [-0.39, 0.29) is 42.2 Å². The van der Waals surface area contributed by atoms with Crippen LogP contribution in [0.3, 0.4) is 0 Å². The van der Waals surface area contributed by atoms with Gasteiger partial charge in [-0.2, -0.15) is 0 Å². The first-order chi connectivity index (χ1) is 19.8. The summed E-state index contributed by atoms with van der Waals surface area (Å²) in [6.07, 6.45) is 4.84. The fourth-order valence-electron chi connectivity index (χ4n) is 5.37. The number of rotatable bonds is 7. The standard InChI is InChI=1S/C31H35F3N4O4/c1-17-11-19(15-20(12-17)36-30(41)42-31(2,3)4)21-7-9-35-16-26(21)38-29(40)25-6-5-22(32)28(37-25)27-23(33)13-18(8-10-39)14-24(27)34/h5-7,9,13-14,16-17,19-20,39H,8,10-12,15H2,1-4H3,(H,36,41)(H,38,40)/t17?,19-,20+/m1/s1. The first-order valence-electron chi connectivity index (χ1n) is 13.8. The highest BCUT2D eigenvalue weighted by Gasteiger charge is 2.31. The second-order valence-corrected chi connectivity index (χ2v) is 11.7. The van der Waals surface area contributed by atoms with Gasteiger partial charge in [-0.1, -0.05) is 6.92 Å². The number of carbonyl (C=O) groups excluding carboxylic acids is 2. The molecule has 1 fully saturated rings. The maximum absolute atomic E-state index is 14.8. The van der Waals surface area contributed by atoms with Gasteiger partial charge in [0.1, 0.15) is 34.4 Å². The molecule has 4 rings (SSSR count). The molecular weight excluding hydrogens is 549 g/mol. The molecule has 2 aromatic heterocycles. The van der Waals surface area contributed by atoms with Crippen LogP contribution in [0.2, 0.25) is 0 Å². The Morgan fingerprint density at radius 3 is 2.43 bits per heavy atom. The summed E-state index contributed by atoms with van der Waals surface area (Å²) in [5, 5.41) is 14.8. The third-order valence-corrected chi connectivity index (χ3v) is 7.02. The van der Waals surface area contributed by atoms with Crippen molar-refractivity contribution in [3.8, 4) is 11.3 Å². The van der Waals surface area contributed by atoms with Crippen LogP contribution in [-0.2, 0) is 11.2 Å². The Kier molecular flexibility index (Phi) is 9.50. The quantitative estimate of drug-likeness (QED) is 0.307. The molecule has 2 heterocycles. The SMILES string of the molecule is CC1C[C@H](NC(=O)OC(C)(C)C)C[C@H](c2ccncc2NC(=O)c2ccc(F)c(-c3c(F)cc(CCO)cc3F)n2)C1. The topological polar surface area (TPSA) is 113 Å². The van der Waals surface area contributed by atoms with Gasteiger partial charge in [0.15, 0.2) is 0 Å². The van der Waals surface area contributed by atoms with E-state index in [0.717, 1.165) is 42.7 Å². The molecule has 1 aliphatic carbocycles. The van der Waals surface area contributed by atoms with Gasteiger partial charge in [-0.25, -0.2) is 22.9 Å². The lowest BCUT2D eigenvalue weighted by atomic mass is 9.76. The Labute approximate surface area is 242 Å². The molecule has 1 unspecified atom stereocenters. The average Bonchev–Trinajstić information content (AvgIpc) is 2.88. The number of anilines is 1. The van der Waals surface area contributed by atoms with E-state index >= 15 is 0 Å². The van der Waals surface area contributed by atoms with Crippen LogP contribution in [0.4, 0.5) is 23.7 Å². The lowest BCUT2D eigenvalue weighted by Gasteiger charge is -2.35. The van der Waals surface area contributed by atoms with Gasteiger partial charge in [0, 0.05) is 18.8 Å². The first-order valence-corrected chi connectivity index (χ1v) is 13.8. The van der Waals surface area contributed by atoms with Gasteiger partial charge >= 0.3 is 6.09 Å². The maximum Gasteiger partial charge on any atom is 0.407 e. The largest absolute Gasteiger partial charge is 0.444 e. The van der Waals surface area contributed by atoms with Gasteiger partial charge in [0.05, 0.1) is 17.4 Å². The van der Waals surface area contributed by atoms with Crippen molar-refractivity contribution in [3.05, 3.63) is 77.0 Å². The second kappa shape index (κ2) is 12.9. The molecule has 3 atom stereocenters. The lowest BCUT2D eigenvalue weighted by Crippen LogP contribution is -2.42. The molecule has 1 aliphatic rings. The van der Waals surface area contributed by atoms with Gasteiger partial charge in [0.2, 0.25) is 0 Å². The number of alkyl carbamates (subject to hydrolysis) is 1. The van der Waals surface area contributed by atoms with Crippen molar-refractivity contribution in [2.24, 2.45) is 5.92 Å². The van der Waals surface area contributed by atoms with Crippen molar-refractivity contribution in [1.29, 1.82) is 0 Å². The summed E-state index contributed by atoms with van der Waals surface area (Å²) in [6.45, 7) is 7.17. The van der Waals surface area contributed by atoms with Gasteiger partial charge in [-0.15, -0.1) is 0 Å². The number of hydrogen-bond acceptors (Lipinski definition) is 6. The Hall–Kier alpha value is -3.99. The first kappa shape index (κ1) is 31.0. The van der Waals surface area contributed by atoms with Gasteiger partial charge in [0.25, 0.3) is 5.91 Å². The van der Waals surface area contributed by atoms with Crippen LogP contribution >= 0.6 is 0 Å². The minimum Gasteiger partial charge on any atom is -0.444 e. The summed E-state index contributed by atoms with van der Waals surface area (Å²) in [5.74, 6) is -3.58. The van der Waals surface area contributed by atoms with E-state index in [1.165, 1.54) is 6.20 Å². The molecule has 0 bridgehead atoms. The number of aromatic nitrogens is 2. The highest BCUT2D eigenvalue weighted by Crippen LogP contribution is 2.39. The summed E-state index contributed by atoms with van der Waals surface area (Å²) in [5.41, 5.74) is -0.795. The van der Waals surface area contributed by atoms with E-state index < -0.39 is 46.3 Å². The molecule has 3 N–H and O–H groups in total. The van der Waals surface area contributed by atoms with Crippen LogP contribution in [0.25, 0.3) is 11.3 Å². The van der Waals surface area contributed by atoms with Crippen LogP contribution in [0.5, 0.6) is 0 Å². The van der Waals surface area contributed by atoms with Crippen molar-refractivity contribution in [2.45, 2.75) is 70.9 Å². The number of nitrogens with one attached hydrogen (secondary N) is 2. The molecule has 11 heteroatoms. The molecule has 0 spiro atoms. The number of nitrogens with zero attached hydrogens (tertiary/aromatic N) is 2. The average molecular weight is 585 g/mol. The number of carbonyl (C=O) groups is 2. The van der Waals surface area contributed by atoms with Crippen molar-refractivity contribution < 1.29 is 32.6 Å². The monoisotopic (exact) mass is 584 g/mol. The molecule has 0 radical (unpaired) electrons. The summed E-state index contributed by atoms with van der Waals surface area (Å²) >= 11 is 0. The summed E-state index contributed by atoms with van der Waals surface area (Å²) in [4.78, 5) is 33.7. The normalized spacial score (nSPS) is 18.8. The molecule has 1 aromatic carbocycles. The van der Waals surface area contributed by atoms with E-state index in [4.69, 9.17) is 9.84 Å². The predicted octanol–water partition coefficient (Wildman–Crippen LogP) is 6.14. The minimum atomic E-state index is -1.06. The Morgan fingerprint density at radius 2 is 1.76 bits per heavy atom. The van der Waals surface area contributed by atoms with E-state index in [1.54, 1.807) is 33.0 Å². The Morgan fingerprint density at radius 1 is 1.05 bits per heavy atom. The van der Waals surface area contributed by atoms with Crippen molar-refractivity contribution in [1.82, 2.24) is 15.3 Å². The van der Waals surface area contributed by atoms with Crippen LogP contribution in [0.1, 0.15) is 74.5 Å². The number of ether oxygens (including phenoxy) is 1. The van der Waals surface area contributed by atoms with Gasteiger partial charge in [-0.3, -0.25) is 9.78 Å². The smallest absolute Gasteiger partial charge is 0.407 e. The zero-order chi connectivity index (χ0) is 30.6. The molecule has 224 valence electrons. The minimum absolute atomic E-state index is 0.0237. The zero-order valence-corrected chi connectivity index (χ0v) is 24.0. The molecular formula is C31H35F3N4O4. The van der Waals surface area contributed by atoms with Crippen molar-refractivity contribution in [3.63, 3.8) is 0 Å². The van der Waals surface area contributed by atoms with E-state index in [2.05, 4.69) is 27.5 Å². The maximum atomic E-state index is 14.8. The Balaban J connectivity index is 1.56. The molecule has 0 saturated heterocycles. The summed E-state index contributed by atoms with van der Waals surface area (Å²) < 4.78 is 49.7. The summed E-state index contributed by atoms with van der Waals surface area (Å²) in [6, 6.07) is 5.72. The van der Waals surface area contributed by atoms with E-state index in [9.17, 15) is 22.8 Å². The third-order valence-electron chi connectivity index (χ3n) is 7.02. The highest BCUT2D eigenvalue weighted by atomic mass is 19.1. The van der Waals surface area contributed by atoms with Gasteiger partial charge < -0.3 is 20.5 Å². The van der Waals surface area contributed by atoms with Gasteiger partial charge in [-0.05, 0) is 99.7 Å². The molecule has 42 heavy (non-hydrogen) atoms. The van der Waals surface area contributed by atoms with Crippen molar-refractivity contribution in [2.75, 3.05) is 11.9 Å². The molecule has 3 aromatic rings. The van der Waals surface area contributed by atoms with Crippen LogP contribution in [-0.4, -0.2) is 45.3 Å².